The standard InChI is InChI=1S/C8H7ClO2S/c9-12-7-3-1-2-6(4-7)5-8(10)11/h1-4H,5H2,(H,10,11). The number of hydrogen-bond acceptors (Lipinski definition) is 2. The predicted molar refractivity (Wildman–Crippen MR) is 49.5 cm³/mol. The van der Waals surface area contributed by atoms with E-state index in [0.717, 1.165) is 21.4 Å². The summed E-state index contributed by atoms with van der Waals surface area (Å²) in [4.78, 5) is 11.2. The van der Waals surface area contributed by atoms with Crippen LogP contribution in [0.1, 0.15) is 5.56 Å². The van der Waals surface area contributed by atoms with Gasteiger partial charge in [-0.3, -0.25) is 4.79 Å². The second kappa shape index (κ2) is 4.38. The molecule has 0 aromatic heterocycles. The fraction of sp³-hybridized carbons (Fsp3) is 0.125. The summed E-state index contributed by atoms with van der Waals surface area (Å²) in [6.07, 6.45) is 0.0469. The molecule has 1 N–H and O–H groups in total. The van der Waals surface area contributed by atoms with Crippen molar-refractivity contribution < 1.29 is 9.90 Å². The Morgan fingerprint density at radius 1 is 1.58 bits per heavy atom. The lowest BCUT2D eigenvalue weighted by molar-refractivity contribution is -0.136. The Kier molecular flexibility index (Phi) is 3.44. The molecule has 0 unspecified atom stereocenters. The van der Waals surface area contributed by atoms with Crippen molar-refractivity contribution in [2.45, 2.75) is 11.3 Å². The van der Waals surface area contributed by atoms with Crippen molar-refractivity contribution >= 4 is 27.6 Å². The van der Waals surface area contributed by atoms with Crippen LogP contribution in [0.4, 0.5) is 0 Å². The summed E-state index contributed by atoms with van der Waals surface area (Å²) in [5.41, 5.74) is 0.771. The Labute approximate surface area is 79.0 Å². The Morgan fingerprint density at radius 2 is 2.33 bits per heavy atom. The highest BCUT2D eigenvalue weighted by molar-refractivity contribution is 8.21. The second-order valence-electron chi connectivity index (χ2n) is 2.30. The van der Waals surface area contributed by atoms with Gasteiger partial charge < -0.3 is 5.11 Å². The van der Waals surface area contributed by atoms with Crippen LogP contribution in [0.3, 0.4) is 0 Å². The summed E-state index contributed by atoms with van der Waals surface area (Å²) in [5, 5.41) is 8.49. The molecule has 0 radical (unpaired) electrons. The molecule has 0 aliphatic rings. The highest BCUT2D eigenvalue weighted by Gasteiger charge is 2.00. The topological polar surface area (TPSA) is 37.3 Å². The van der Waals surface area contributed by atoms with Crippen molar-refractivity contribution in [3.05, 3.63) is 29.8 Å². The zero-order valence-electron chi connectivity index (χ0n) is 6.16. The molecule has 12 heavy (non-hydrogen) atoms. The SMILES string of the molecule is O=C(O)Cc1cccc(SCl)c1. The molecule has 1 rings (SSSR count). The van der Waals surface area contributed by atoms with E-state index >= 15 is 0 Å². The summed E-state index contributed by atoms with van der Waals surface area (Å²) in [6.45, 7) is 0. The van der Waals surface area contributed by atoms with Gasteiger partial charge in [-0.2, -0.15) is 0 Å². The Morgan fingerprint density at radius 3 is 2.92 bits per heavy atom. The number of benzene rings is 1. The van der Waals surface area contributed by atoms with Crippen LogP contribution < -0.4 is 0 Å². The Bertz CT molecular complexity index is 288. The number of halogens is 1. The molecule has 0 saturated carbocycles. The van der Waals surface area contributed by atoms with E-state index in [1.54, 1.807) is 18.2 Å². The van der Waals surface area contributed by atoms with Crippen LogP contribution in [0.5, 0.6) is 0 Å². The molecule has 0 amide bonds. The third kappa shape index (κ3) is 2.75. The normalized spacial score (nSPS) is 9.75. The quantitative estimate of drug-likeness (QED) is 0.819. The van der Waals surface area contributed by atoms with Gasteiger partial charge in [-0.25, -0.2) is 0 Å². The van der Waals surface area contributed by atoms with E-state index in [2.05, 4.69) is 0 Å². The molecule has 0 saturated heterocycles. The van der Waals surface area contributed by atoms with Crippen LogP contribution in [-0.4, -0.2) is 11.1 Å². The second-order valence-corrected chi connectivity index (χ2v) is 3.38. The third-order valence-corrected chi connectivity index (χ3v) is 2.31. The largest absolute Gasteiger partial charge is 0.481 e. The van der Waals surface area contributed by atoms with Crippen molar-refractivity contribution in [1.82, 2.24) is 0 Å². The van der Waals surface area contributed by atoms with Crippen LogP contribution in [-0.2, 0) is 11.2 Å². The van der Waals surface area contributed by atoms with E-state index in [-0.39, 0.29) is 6.42 Å². The minimum Gasteiger partial charge on any atom is -0.481 e. The van der Waals surface area contributed by atoms with E-state index in [1.807, 2.05) is 6.07 Å². The molecule has 4 heteroatoms. The van der Waals surface area contributed by atoms with Crippen LogP contribution >= 0.6 is 21.7 Å². The molecule has 0 aliphatic heterocycles. The van der Waals surface area contributed by atoms with Gasteiger partial charge in [0.15, 0.2) is 0 Å². The fourth-order valence-corrected chi connectivity index (χ4v) is 1.49. The first-order chi connectivity index (χ1) is 5.72. The van der Waals surface area contributed by atoms with E-state index < -0.39 is 5.97 Å². The molecule has 0 atom stereocenters. The van der Waals surface area contributed by atoms with Gasteiger partial charge in [0, 0.05) is 4.90 Å². The predicted octanol–water partition coefficient (Wildman–Crippen LogP) is 2.56. The van der Waals surface area contributed by atoms with Crippen LogP contribution in [0.2, 0.25) is 0 Å². The molecule has 0 fully saturated rings. The maximum absolute atomic E-state index is 10.3. The zero-order chi connectivity index (χ0) is 8.97. The molecule has 1 aromatic carbocycles. The average molecular weight is 203 g/mol. The molecule has 1 aromatic rings. The monoisotopic (exact) mass is 202 g/mol. The van der Waals surface area contributed by atoms with Crippen LogP contribution in [0, 0.1) is 0 Å². The number of carboxylic acids is 1. The van der Waals surface area contributed by atoms with Crippen molar-refractivity contribution in [2.75, 3.05) is 0 Å². The van der Waals surface area contributed by atoms with Crippen molar-refractivity contribution in [3.8, 4) is 0 Å². The summed E-state index contributed by atoms with van der Waals surface area (Å²) >= 11 is 0. The van der Waals surface area contributed by atoms with Gasteiger partial charge in [-0.1, -0.05) is 12.1 Å². The molecular formula is C8H7ClO2S. The molecule has 0 heterocycles. The molecule has 64 valence electrons. The number of carboxylic acid groups (broad SMARTS) is 1. The van der Waals surface area contributed by atoms with Gasteiger partial charge in [0.25, 0.3) is 0 Å². The summed E-state index contributed by atoms with van der Waals surface area (Å²) < 4.78 is 0. The molecule has 0 aliphatic carbocycles. The van der Waals surface area contributed by atoms with E-state index in [4.69, 9.17) is 15.8 Å². The lowest BCUT2D eigenvalue weighted by Gasteiger charge is -1.98. The molecule has 2 nitrogen and oxygen atoms in total. The van der Waals surface area contributed by atoms with Gasteiger partial charge in [0.2, 0.25) is 0 Å². The lowest BCUT2D eigenvalue weighted by atomic mass is 10.2. The third-order valence-electron chi connectivity index (χ3n) is 1.34. The molecule has 0 spiro atoms. The first kappa shape index (κ1) is 9.42. The maximum Gasteiger partial charge on any atom is 0.307 e. The molecule has 0 bridgehead atoms. The van der Waals surface area contributed by atoms with Crippen LogP contribution in [0.15, 0.2) is 29.2 Å². The van der Waals surface area contributed by atoms with Crippen molar-refractivity contribution in [3.63, 3.8) is 0 Å². The van der Waals surface area contributed by atoms with Crippen molar-refractivity contribution in [1.29, 1.82) is 0 Å². The number of aliphatic carboxylic acids is 1. The Balaban J connectivity index is 2.79. The van der Waals surface area contributed by atoms with Gasteiger partial charge in [-0.15, -0.1) is 0 Å². The van der Waals surface area contributed by atoms with E-state index in [0.29, 0.717) is 0 Å². The number of carbonyl (C=O) groups is 1. The van der Waals surface area contributed by atoms with Gasteiger partial charge in [0.05, 0.1) is 6.42 Å². The zero-order valence-corrected chi connectivity index (χ0v) is 7.73. The van der Waals surface area contributed by atoms with Gasteiger partial charge in [-0.05, 0) is 39.4 Å². The smallest absolute Gasteiger partial charge is 0.307 e. The maximum atomic E-state index is 10.3. The first-order valence-corrected chi connectivity index (χ1v) is 4.96. The first-order valence-electron chi connectivity index (χ1n) is 3.31. The van der Waals surface area contributed by atoms with Crippen LogP contribution in [0.25, 0.3) is 0 Å². The van der Waals surface area contributed by atoms with E-state index in [9.17, 15) is 4.79 Å². The number of rotatable bonds is 3. The highest BCUT2D eigenvalue weighted by atomic mass is 35.7. The lowest BCUT2D eigenvalue weighted by Crippen LogP contribution is -1.99. The highest BCUT2D eigenvalue weighted by Crippen LogP contribution is 2.22. The minimum atomic E-state index is -0.827. The van der Waals surface area contributed by atoms with Gasteiger partial charge in [0.1, 0.15) is 0 Å². The van der Waals surface area contributed by atoms with E-state index in [1.165, 1.54) is 0 Å². The Hall–Kier alpha value is -0.670. The van der Waals surface area contributed by atoms with Crippen molar-refractivity contribution in [2.24, 2.45) is 0 Å². The fourth-order valence-electron chi connectivity index (χ4n) is 0.878. The summed E-state index contributed by atoms with van der Waals surface area (Å²) in [5.74, 6) is -0.827. The minimum absolute atomic E-state index is 0.0469. The summed E-state index contributed by atoms with van der Waals surface area (Å²) in [7, 11) is 6.59. The average Bonchev–Trinajstić information content (AvgIpc) is 2.03. The summed E-state index contributed by atoms with van der Waals surface area (Å²) in [6, 6.07) is 7.17. The molecular weight excluding hydrogens is 196 g/mol. The number of hydrogen-bond donors (Lipinski definition) is 1. The van der Waals surface area contributed by atoms with Gasteiger partial charge >= 0.3 is 5.97 Å².